The highest BCUT2D eigenvalue weighted by atomic mass is 16.5. The molecule has 0 unspecified atom stereocenters. The Labute approximate surface area is 127 Å². The molecule has 0 heterocycles. The fourth-order valence-electron chi connectivity index (χ4n) is 1.91. The van der Waals surface area contributed by atoms with Crippen LogP contribution in [0.2, 0.25) is 0 Å². The van der Waals surface area contributed by atoms with Gasteiger partial charge in [-0.3, -0.25) is 0 Å². The summed E-state index contributed by atoms with van der Waals surface area (Å²) in [5.41, 5.74) is 1.62. The molecule has 0 bridgehead atoms. The minimum atomic E-state index is -0.980. The number of benzene rings is 2. The van der Waals surface area contributed by atoms with Gasteiger partial charge in [0.2, 0.25) is 0 Å². The normalized spacial score (nSPS) is 10.6. The number of hydrogen-bond donors (Lipinski definition) is 2. The average Bonchev–Trinajstić information content (AvgIpc) is 2.54. The van der Waals surface area contributed by atoms with E-state index in [0.717, 1.165) is 5.56 Å². The monoisotopic (exact) mass is 301 g/mol. The molecule has 6 nitrogen and oxygen atoms in total. The number of carboxylic acids is 1. The molecule has 114 valence electrons. The van der Waals surface area contributed by atoms with E-state index in [1.165, 1.54) is 19.4 Å². The first-order valence-corrected chi connectivity index (χ1v) is 6.44. The number of rotatable bonds is 6. The van der Waals surface area contributed by atoms with Gasteiger partial charge >= 0.3 is 5.97 Å². The average molecular weight is 301 g/mol. The number of hydrogen-bond acceptors (Lipinski definition) is 5. The van der Waals surface area contributed by atoms with E-state index in [-0.39, 0.29) is 12.2 Å². The molecule has 0 aromatic heterocycles. The molecule has 0 radical (unpaired) electrons. The van der Waals surface area contributed by atoms with E-state index < -0.39 is 5.97 Å². The second-order valence-corrected chi connectivity index (χ2v) is 4.45. The molecule has 6 heteroatoms. The Morgan fingerprint density at radius 3 is 2.73 bits per heavy atom. The predicted molar refractivity (Wildman–Crippen MR) is 80.1 cm³/mol. The van der Waals surface area contributed by atoms with Crippen LogP contribution < -0.4 is 9.47 Å². The third-order valence-corrected chi connectivity index (χ3v) is 2.96. The number of nitrogens with zero attached hydrogens (tertiary/aromatic N) is 1. The van der Waals surface area contributed by atoms with Crippen molar-refractivity contribution in [2.24, 2.45) is 5.16 Å². The standard InChI is InChI=1S/C16H15NO5/c1-21-15-8-11(9-17-20)5-6-14(15)22-10-12-3-2-4-13(7-12)16(18)19/h2-9,20H,10H2,1H3,(H,18,19)/b17-9+. The number of aromatic carboxylic acids is 1. The van der Waals surface area contributed by atoms with Gasteiger partial charge in [-0.2, -0.15) is 0 Å². The smallest absolute Gasteiger partial charge is 0.335 e. The number of ether oxygens (including phenoxy) is 2. The second kappa shape index (κ2) is 7.12. The summed E-state index contributed by atoms with van der Waals surface area (Å²) < 4.78 is 10.9. The number of methoxy groups -OCH3 is 1. The van der Waals surface area contributed by atoms with Gasteiger partial charge in [-0.15, -0.1) is 0 Å². The molecule has 0 atom stereocenters. The Hall–Kier alpha value is -3.02. The highest BCUT2D eigenvalue weighted by Crippen LogP contribution is 2.28. The lowest BCUT2D eigenvalue weighted by molar-refractivity contribution is 0.0696. The van der Waals surface area contributed by atoms with Gasteiger partial charge in [0, 0.05) is 5.56 Å². The Kier molecular flexibility index (Phi) is 4.98. The maximum atomic E-state index is 10.9. The van der Waals surface area contributed by atoms with Crippen LogP contribution in [0.5, 0.6) is 11.5 Å². The lowest BCUT2D eigenvalue weighted by Gasteiger charge is -2.11. The van der Waals surface area contributed by atoms with Crippen molar-refractivity contribution in [3.63, 3.8) is 0 Å². The zero-order valence-corrected chi connectivity index (χ0v) is 11.9. The van der Waals surface area contributed by atoms with Gasteiger partial charge in [-0.05, 0) is 35.9 Å². The summed E-state index contributed by atoms with van der Waals surface area (Å²) in [5, 5.41) is 20.4. The van der Waals surface area contributed by atoms with Crippen molar-refractivity contribution in [1.29, 1.82) is 0 Å². The summed E-state index contributed by atoms with van der Waals surface area (Å²) in [6.07, 6.45) is 1.28. The first-order chi connectivity index (χ1) is 10.6. The summed E-state index contributed by atoms with van der Waals surface area (Å²) in [5.74, 6) is 0.0252. The number of carboxylic acid groups (broad SMARTS) is 1. The van der Waals surface area contributed by atoms with Crippen LogP contribution in [-0.4, -0.2) is 29.6 Å². The molecule has 2 N–H and O–H groups in total. The van der Waals surface area contributed by atoms with Crippen molar-refractivity contribution in [1.82, 2.24) is 0 Å². The van der Waals surface area contributed by atoms with E-state index in [2.05, 4.69) is 5.16 Å². The molecule has 0 spiro atoms. The summed E-state index contributed by atoms with van der Waals surface area (Å²) in [6, 6.07) is 11.6. The Bertz CT molecular complexity index is 697. The lowest BCUT2D eigenvalue weighted by atomic mass is 10.1. The first kappa shape index (κ1) is 15.4. The molecular formula is C16H15NO5. The topological polar surface area (TPSA) is 88.4 Å². The number of carbonyl (C=O) groups is 1. The fraction of sp³-hybridized carbons (Fsp3) is 0.125. The van der Waals surface area contributed by atoms with Gasteiger partial charge in [0.15, 0.2) is 11.5 Å². The Balaban J connectivity index is 2.14. The van der Waals surface area contributed by atoms with Crippen molar-refractivity contribution in [3.05, 3.63) is 59.2 Å². The van der Waals surface area contributed by atoms with E-state index in [4.69, 9.17) is 19.8 Å². The molecule has 0 fully saturated rings. The molecule has 0 aliphatic heterocycles. The minimum absolute atomic E-state index is 0.211. The van der Waals surface area contributed by atoms with Crippen LogP contribution in [0.4, 0.5) is 0 Å². The Morgan fingerprint density at radius 1 is 1.23 bits per heavy atom. The molecule has 22 heavy (non-hydrogen) atoms. The van der Waals surface area contributed by atoms with Gasteiger partial charge in [-0.1, -0.05) is 17.3 Å². The Morgan fingerprint density at radius 2 is 2.05 bits per heavy atom. The van der Waals surface area contributed by atoms with Crippen LogP contribution in [0.3, 0.4) is 0 Å². The molecule has 0 amide bonds. The largest absolute Gasteiger partial charge is 0.493 e. The fourth-order valence-corrected chi connectivity index (χ4v) is 1.91. The lowest BCUT2D eigenvalue weighted by Crippen LogP contribution is -2.01. The van der Waals surface area contributed by atoms with E-state index in [1.54, 1.807) is 36.4 Å². The summed E-state index contributed by atoms with van der Waals surface area (Å²) >= 11 is 0. The molecule has 2 rings (SSSR count). The SMILES string of the molecule is COc1cc(/C=N/O)ccc1OCc1cccc(C(=O)O)c1. The second-order valence-electron chi connectivity index (χ2n) is 4.45. The van der Waals surface area contributed by atoms with E-state index in [0.29, 0.717) is 17.1 Å². The molecule has 2 aromatic carbocycles. The van der Waals surface area contributed by atoms with Crippen LogP contribution in [-0.2, 0) is 6.61 Å². The maximum absolute atomic E-state index is 10.9. The minimum Gasteiger partial charge on any atom is -0.493 e. The van der Waals surface area contributed by atoms with Gasteiger partial charge in [0.25, 0.3) is 0 Å². The van der Waals surface area contributed by atoms with Crippen LogP contribution in [0, 0.1) is 0 Å². The molecular weight excluding hydrogens is 286 g/mol. The highest BCUT2D eigenvalue weighted by molar-refractivity contribution is 5.87. The molecule has 0 aliphatic carbocycles. The molecule has 0 saturated carbocycles. The van der Waals surface area contributed by atoms with Gasteiger partial charge < -0.3 is 19.8 Å². The van der Waals surface area contributed by atoms with Crippen molar-refractivity contribution in [3.8, 4) is 11.5 Å². The van der Waals surface area contributed by atoms with Crippen LogP contribution in [0.15, 0.2) is 47.6 Å². The van der Waals surface area contributed by atoms with Crippen molar-refractivity contribution in [2.75, 3.05) is 7.11 Å². The summed E-state index contributed by atoms with van der Waals surface area (Å²) in [7, 11) is 1.51. The van der Waals surface area contributed by atoms with Crippen molar-refractivity contribution < 1.29 is 24.6 Å². The molecule has 0 aliphatic rings. The first-order valence-electron chi connectivity index (χ1n) is 6.44. The quantitative estimate of drug-likeness (QED) is 0.486. The maximum Gasteiger partial charge on any atom is 0.335 e. The molecule has 2 aromatic rings. The third kappa shape index (κ3) is 3.76. The third-order valence-electron chi connectivity index (χ3n) is 2.96. The zero-order valence-electron chi connectivity index (χ0n) is 11.9. The van der Waals surface area contributed by atoms with E-state index >= 15 is 0 Å². The summed E-state index contributed by atoms with van der Waals surface area (Å²) in [6.45, 7) is 0.213. The van der Waals surface area contributed by atoms with Gasteiger partial charge in [0.05, 0.1) is 18.9 Å². The van der Waals surface area contributed by atoms with Crippen LogP contribution >= 0.6 is 0 Å². The van der Waals surface area contributed by atoms with Crippen LogP contribution in [0.25, 0.3) is 0 Å². The summed E-state index contributed by atoms with van der Waals surface area (Å²) in [4.78, 5) is 10.9. The van der Waals surface area contributed by atoms with Gasteiger partial charge in [-0.25, -0.2) is 4.79 Å². The zero-order chi connectivity index (χ0) is 15.9. The van der Waals surface area contributed by atoms with Crippen molar-refractivity contribution >= 4 is 12.2 Å². The van der Waals surface area contributed by atoms with E-state index in [1.807, 2.05) is 0 Å². The highest BCUT2D eigenvalue weighted by Gasteiger charge is 2.07. The van der Waals surface area contributed by atoms with E-state index in [9.17, 15) is 4.79 Å². The number of oxime groups is 1. The van der Waals surface area contributed by atoms with Crippen LogP contribution in [0.1, 0.15) is 21.5 Å². The predicted octanol–water partition coefficient (Wildman–Crippen LogP) is 2.78. The van der Waals surface area contributed by atoms with Crippen molar-refractivity contribution in [2.45, 2.75) is 6.61 Å². The molecule has 0 saturated heterocycles. The van der Waals surface area contributed by atoms with Gasteiger partial charge in [0.1, 0.15) is 6.61 Å².